The lowest BCUT2D eigenvalue weighted by molar-refractivity contribution is -0.137. The van der Waals surface area contributed by atoms with Gasteiger partial charge in [-0.2, -0.15) is 0 Å². The molecule has 0 bridgehead atoms. The molecule has 0 saturated heterocycles. The third-order valence-corrected chi connectivity index (χ3v) is 3.23. The molecule has 0 aliphatic carbocycles. The summed E-state index contributed by atoms with van der Waals surface area (Å²) in [5, 5.41) is 0. The van der Waals surface area contributed by atoms with Crippen LogP contribution in [-0.2, 0) is 19.1 Å². The van der Waals surface area contributed by atoms with Gasteiger partial charge in [0.1, 0.15) is 0 Å². The van der Waals surface area contributed by atoms with E-state index in [1.807, 2.05) is 41.5 Å². The Morgan fingerprint density at radius 1 is 0.682 bits per heavy atom. The molecule has 0 rings (SSSR count). The molecule has 0 aliphatic heterocycles. The van der Waals surface area contributed by atoms with Crippen LogP contribution in [0.3, 0.4) is 0 Å². The monoisotopic (exact) mass is 306 g/mol. The lowest BCUT2D eigenvalue weighted by Crippen LogP contribution is -2.05. The summed E-state index contributed by atoms with van der Waals surface area (Å²) in [7, 11) is 0. The van der Waals surface area contributed by atoms with E-state index in [0.717, 1.165) is 11.1 Å². The number of carbonyl (C=O) groups is 2. The first-order valence-electron chi connectivity index (χ1n) is 7.36. The minimum absolute atomic E-state index is 0.191. The Labute approximate surface area is 133 Å². The number of esters is 2. The van der Waals surface area contributed by atoms with Crippen molar-refractivity contribution in [2.45, 2.75) is 55.4 Å². The third kappa shape index (κ3) is 7.12. The number of ether oxygens (including phenoxy) is 2. The first kappa shape index (κ1) is 20.0. The van der Waals surface area contributed by atoms with Gasteiger partial charge in [0.2, 0.25) is 0 Å². The summed E-state index contributed by atoms with van der Waals surface area (Å²) in [6.45, 7) is 14.3. The zero-order valence-corrected chi connectivity index (χ0v) is 14.8. The molecule has 0 N–H and O–H groups in total. The van der Waals surface area contributed by atoms with Crippen LogP contribution in [0.4, 0.5) is 0 Å². The van der Waals surface area contributed by atoms with Gasteiger partial charge >= 0.3 is 11.9 Å². The van der Waals surface area contributed by atoms with Gasteiger partial charge in [-0.3, -0.25) is 9.59 Å². The molecule has 0 unspecified atom stereocenters. The van der Waals surface area contributed by atoms with Crippen LogP contribution in [0, 0.1) is 23.7 Å². The molecular formula is C18H26O4. The predicted octanol–water partition coefficient (Wildman–Crippen LogP) is 3.98. The highest BCUT2D eigenvalue weighted by Gasteiger charge is 2.11. The van der Waals surface area contributed by atoms with E-state index in [-0.39, 0.29) is 11.8 Å². The molecule has 122 valence electrons. The lowest BCUT2D eigenvalue weighted by Gasteiger charge is -2.11. The average molecular weight is 306 g/mol. The van der Waals surface area contributed by atoms with Crippen LogP contribution in [-0.4, -0.2) is 11.9 Å². The van der Waals surface area contributed by atoms with Crippen LogP contribution >= 0.6 is 0 Å². The Hall–Kier alpha value is -2.02. The van der Waals surface area contributed by atoms with Crippen molar-refractivity contribution >= 4 is 11.9 Å². The van der Waals surface area contributed by atoms with E-state index in [9.17, 15) is 9.59 Å². The first-order valence-corrected chi connectivity index (χ1v) is 7.36. The summed E-state index contributed by atoms with van der Waals surface area (Å²) in [5.41, 5.74) is 1.74. The molecule has 0 amide bonds. The summed E-state index contributed by atoms with van der Waals surface area (Å²) in [5.74, 6) is 5.79. The van der Waals surface area contributed by atoms with Gasteiger partial charge in [0.25, 0.3) is 0 Å². The van der Waals surface area contributed by atoms with Gasteiger partial charge in [-0.1, -0.05) is 27.7 Å². The van der Waals surface area contributed by atoms with E-state index in [1.165, 1.54) is 13.8 Å². The normalized spacial score (nSPS) is 13.0. The summed E-state index contributed by atoms with van der Waals surface area (Å²) in [6, 6.07) is 0. The molecule has 4 heteroatoms. The molecular weight excluding hydrogens is 280 g/mol. The molecule has 0 aliphatic rings. The van der Waals surface area contributed by atoms with Crippen molar-refractivity contribution < 1.29 is 19.1 Å². The minimum Gasteiger partial charge on any atom is -0.417 e. The molecule has 4 nitrogen and oxygen atoms in total. The van der Waals surface area contributed by atoms with Crippen molar-refractivity contribution in [2.24, 2.45) is 11.8 Å². The number of allylic oxidation sites excluding steroid dienone is 4. The summed E-state index contributed by atoms with van der Waals surface area (Å²) in [6.07, 6.45) is 0. The second-order valence-electron chi connectivity index (χ2n) is 5.77. The molecule has 0 radical (unpaired) electrons. The van der Waals surface area contributed by atoms with Gasteiger partial charge in [0.05, 0.1) is 0 Å². The molecule has 0 aromatic rings. The smallest absolute Gasteiger partial charge is 0.308 e. The van der Waals surface area contributed by atoms with E-state index >= 15 is 0 Å². The lowest BCUT2D eigenvalue weighted by atomic mass is 10.0. The van der Waals surface area contributed by atoms with Gasteiger partial charge in [-0.05, 0) is 48.7 Å². The minimum atomic E-state index is -0.428. The van der Waals surface area contributed by atoms with Gasteiger partial charge in [-0.25, -0.2) is 0 Å². The zero-order chi connectivity index (χ0) is 17.4. The second kappa shape index (κ2) is 9.09. The third-order valence-electron chi connectivity index (χ3n) is 3.23. The average Bonchev–Trinajstić information content (AvgIpc) is 2.38. The van der Waals surface area contributed by atoms with Gasteiger partial charge in [0.15, 0.2) is 11.5 Å². The molecule has 0 aromatic carbocycles. The van der Waals surface area contributed by atoms with Gasteiger partial charge in [0, 0.05) is 13.8 Å². The Kier molecular flexibility index (Phi) is 8.26. The Morgan fingerprint density at radius 2 is 0.955 bits per heavy atom. The SMILES string of the molecule is CC(=O)O/C(C#C/C(OC(C)=O)=C(/C)C(C)C)=C(/C)C(C)C. The Bertz CT molecular complexity index is 503. The highest BCUT2D eigenvalue weighted by Crippen LogP contribution is 2.17. The molecule has 22 heavy (non-hydrogen) atoms. The summed E-state index contributed by atoms with van der Waals surface area (Å²) < 4.78 is 10.3. The van der Waals surface area contributed by atoms with Gasteiger partial charge < -0.3 is 9.47 Å². The number of hydrogen-bond acceptors (Lipinski definition) is 4. The van der Waals surface area contributed by atoms with Crippen molar-refractivity contribution in [3.8, 4) is 11.8 Å². The summed E-state index contributed by atoms with van der Waals surface area (Å²) in [4.78, 5) is 22.4. The Balaban J connectivity index is 5.82. The van der Waals surface area contributed by atoms with E-state index in [1.54, 1.807) is 0 Å². The maximum atomic E-state index is 11.2. The van der Waals surface area contributed by atoms with Crippen molar-refractivity contribution in [2.75, 3.05) is 0 Å². The van der Waals surface area contributed by atoms with Crippen molar-refractivity contribution in [1.82, 2.24) is 0 Å². The molecule has 0 saturated carbocycles. The number of carbonyl (C=O) groups excluding carboxylic acids is 2. The highest BCUT2D eigenvalue weighted by molar-refractivity contribution is 5.69. The van der Waals surface area contributed by atoms with Crippen molar-refractivity contribution in [3.05, 3.63) is 22.7 Å². The fourth-order valence-electron chi connectivity index (χ4n) is 1.33. The van der Waals surface area contributed by atoms with Crippen LogP contribution in [0.2, 0.25) is 0 Å². The van der Waals surface area contributed by atoms with E-state index in [4.69, 9.17) is 9.47 Å². The fraction of sp³-hybridized carbons (Fsp3) is 0.556. The maximum Gasteiger partial charge on any atom is 0.308 e. The van der Waals surface area contributed by atoms with E-state index in [0.29, 0.717) is 11.5 Å². The van der Waals surface area contributed by atoms with Gasteiger partial charge in [-0.15, -0.1) is 0 Å². The molecule has 0 atom stereocenters. The molecule has 0 fully saturated rings. The maximum absolute atomic E-state index is 11.2. The quantitative estimate of drug-likeness (QED) is 0.448. The Morgan fingerprint density at radius 3 is 1.14 bits per heavy atom. The van der Waals surface area contributed by atoms with Crippen LogP contribution in [0.25, 0.3) is 0 Å². The topological polar surface area (TPSA) is 52.6 Å². The molecule has 0 aromatic heterocycles. The van der Waals surface area contributed by atoms with Crippen LogP contribution in [0.1, 0.15) is 55.4 Å². The standard InChI is InChI=1S/C18H26O4/c1-11(2)13(5)17(21-15(7)19)9-10-18(22-16(8)20)14(6)12(3)4/h11-12H,1-8H3/b17-13-,18-14+. The number of rotatable bonds is 4. The van der Waals surface area contributed by atoms with Crippen molar-refractivity contribution in [1.29, 1.82) is 0 Å². The van der Waals surface area contributed by atoms with Crippen LogP contribution in [0.15, 0.2) is 22.7 Å². The molecule has 0 spiro atoms. The zero-order valence-electron chi connectivity index (χ0n) is 14.8. The molecule has 0 heterocycles. The number of hydrogen-bond donors (Lipinski definition) is 0. The highest BCUT2D eigenvalue weighted by atomic mass is 16.5. The second-order valence-corrected chi connectivity index (χ2v) is 5.77. The van der Waals surface area contributed by atoms with Crippen LogP contribution in [0.5, 0.6) is 0 Å². The van der Waals surface area contributed by atoms with E-state index in [2.05, 4.69) is 11.8 Å². The van der Waals surface area contributed by atoms with Crippen molar-refractivity contribution in [3.63, 3.8) is 0 Å². The first-order chi connectivity index (χ1) is 10.1. The fourth-order valence-corrected chi connectivity index (χ4v) is 1.33. The van der Waals surface area contributed by atoms with Crippen LogP contribution < -0.4 is 0 Å². The predicted molar refractivity (Wildman–Crippen MR) is 86.4 cm³/mol. The summed E-state index contributed by atoms with van der Waals surface area (Å²) >= 11 is 0. The largest absolute Gasteiger partial charge is 0.417 e. The van der Waals surface area contributed by atoms with E-state index < -0.39 is 11.9 Å².